The van der Waals surface area contributed by atoms with E-state index in [1.54, 1.807) is 0 Å². The minimum atomic E-state index is -0.0571. The molecule has 0 amide bonds. The summed E-state index contributed by atoms with van der Waals surface area (Å²) >= 11 is 0. The van der Waals surface area contributed by atoms with Crippen LogP contribution in [0.1, 0.15) is 35.1 Å². The van der Waals surface area contributed by atoms with Crippen molar-refractivity contribution in [1.29, 1.82) is 0 Å². The van der Waals surface area contributed by atoms with Crippen LogP contribution in [0.15, 0.2) is 97.1 Å². The number of nitrogens with zero attached hydrogens (tertiary/aromatic N) is 1. The van der Waals surface area contributed by atoms with Gasteiger partial charge in [-0.2, -0.15) is 4.58 Å². The number of benzene rings is 4. The van der Waals surface area contributed by atoms with Gasteiger partial charge < -0.3 is 4.74 Å². The highest BCUT2D eigenvalue weighted by molar-refractivity contribution is 5.88. The lowest BCUT2D eigenvalue weighted by molar-refractivity contribution is -0.522. The van der Waals surface area contributed by atoms with Crippen LogP contribution in [-0.4, -0.2) is 17.0 Å². The molecule has 1 aliphatic carbocycles. The molecule has 2 nitrogen and oxygen atoms in total. The van der Waals surface area contributed by atoms with E-state index in [-0.39, 0.29) is 12.1 Å². The maximum absolute atomic E-state index is 6.37. The molecule has 30 heavy (non-hydrogen) atoms. The van der Waals surface area contributed by atoms with Crippen LogP contribution in [0.25, 0.3) is 11.1 Å². The highest BCUT2D eigenvalue weighted by atomic mass is 16.5. The number of rotatable bonds is 2. The monoisotopic (exact) mass is 388 g/mol. The summed E-state index contributed by atoms with van der Waals surface area (Å²) in [5.74, 6) is 1.16. The van der Waals surface area contributed by atoms with E-state index >= 15 is 0 Å². The predicted molar refractivity (Wildman–Crippen MR) is 121 cm³/mol. The molecule has 1 aliphatic heterocycles. The molecule has 0 spiro atoms. The topological polar surface area (TPSA) is 12.2 Å². The second kappa shape index (κ2) is 6.70. The second-order valence-electron chi connectivity index (χ2n) is 7.96. The number of para-hydroxylation sites is 1. The van der Waals surface area contributed by atoms with Crippen LogP contribution in [0, 0.1) is 0 Å². The second-order valence-corrected chi connectivity index (χ2v) is 7.96. The van der Waals surface area contributed by atoms with Crippen molar-refractivity contribution in [3.63, 3.8) is 0 Å². The third kappa shape index (κ3) is 2.54. The van der Waals surface area contributed by atoms with Gasteiger partial charge in [0.15, 0.2) is 6.21 Å². The smallest absolute Gasteiger partial charge is 0.299 e. The van der Waals surface area contributed by atoms with Crippen molar-refractivity contribution in [2.24, 2.45) is 0 Å². The first-order valence-electron chi connectivity index (χ1n) is 10.5. The number of hydrogen-bond donors (Lipinski definition) is 0. The molecule has 1 unspecified atom stereocenters. The lowest BCUT2D eigenvalue weighted by atomic mass is 9.86. The summed E-state index contributed by atoms with van der Waals surface area (Å²) < 4.78 is 8.59. The van der Waals surface area contributed by atoms with Crippen molar-refractivity contribution < 1.29 is 9.31 Å². The molecule has 0 radical (unpaired) electrons. The van der Waals surface area contributed by atoms with E-state index in [0.29, 0.717) is 0 Å². The summed E-state index contributed by atoms with van der Waals surface area (Å²) in [5.41, 5.74) is 8.99. The van der Waals surface area contributed by atoms with Crippen LogP contribution in [0.4, 0.5) is 5.69 Å². The van der Waals surface area contributed by atoms with Crippen molar-refractivity contribution in [2.75, 3.05) is 0 Å². The van der Waals surface area contributed by atoms with Gasteiger partial charge in [0.2, 0.25) is 5.69 Å². The van der Waals surface area contributed by atoms with Gasteiger partial charge in [-0.15, -0.1) is 0 Å². The van der Waals surface area contributed by atoms with E-state index in [1.165, 1.54) is 27.8 Å². The van der Waals surface area contributed by atoms with Crippen molar-refractivity contribution in [2.45, 2.75) is 19.1 Å². The SMILES string of the molecule is CC1Oc2cccc(C3c4ccccc4-c4ccccc43)c2C=[N+]1c1ccccc1. The molecule has 4 aromatic rings. The molecule has 1 heterocycles. The molecule has 0 saturated heterocycles. The molecule has 0 aromatic heterocycles. The van der Waals surface area contributed by atoms with Crippen LogP contribution < -0.4 is 4.74 Å². The average Bonchev–Trinajstić information content (AvgIpc) is 3.13. The lowest BCUT2D eigenvalue weighted by Gasteiger charge is -2.24. The van der Waals surface area contributed by atoms with Gasteiger partial charge in [0.05, 0.1) is 5.56 Å². The third-order valence-electron chi connectivity index (χ3n) is 6.26. The summed E-state index contributed by atoms with van der Waals surface area (Å²) in [6.07, 6.45) is 2.20. The number of ether oxygens (including phenoxy) is 1. The highest BCUT2D eigenvalue weighted by Gasteiger charge is 2.34. The van der Waals surface area contributed by atoms with Crippen LogP contribution in [-0.2, 0) is 0 Å². The summed E-state index contributed by atoms with van der Waals surface area (Å²) in [6, 6.07) is 34.5. The Morgan fingerprint density at radius 2 is 1.23 bits per heavy atom. The van der Waals surface area contributed by atoms with E-state index in [1.807, 2.05) is 6.07 Å². The largest absolute Gasteiger partial charge is 0.433 e. The van der Waals surface area contributed by atoms with E-state index in [2.05, 4.69) is 109 Å². The molecule has 2 heteroatoms. The van der Waals surface area contributed by atoms with Crippen LogP contribution in [0.3, 0.4) is 0 Å². The van der Waals surface area contributed by atoms with Gasteiger partial charge in [0.1, 0.15) is 5.75 Å². The Kier molecular flexibility index (Phi) is 3.85. The van der Waals surface area contributed by atoms with Crippen molar-refractivity contribution in [1.82, 2.24) is 0 Å². The van der Waals surface area contributed by atoms with Gasteiger partial charge in [-0.1, -0.05) is 78.9 Å². The van der Waals surface area contributed by atoms with Crippen molar-refractivity contribution in [3.05, 3.63) is 119 Å². The molecule has 144 valence electrons. The van der Waals surface area contributed by atoms with Crippen LogP contribution >= 0.6 is 0 Å². The first kappa shape index (κ1) is 17.2. The molecule has 6 rings (SSSR count). The van der Waals surface area contributed by atoms with Crippen molar-refractivity contribution >= 4 is 11.9 Å². The molecule has 1 atom stereocenters. The molecule has 0 fully saturated rings. The van der Waals surface area contributed by atoms with Gasteiger partial charge in [0.25, 0.3) is 6.23 Å². The Morgan fingerprint density at radius 3 is 1.93 bits per heavy atom. The zero-order valence-corrected chi connectivity index (χ0v) is 16.8. The van der Waals surface area contributed by atoms with Gasteiger partial charge >= 0.3 is 0 Å². The molecule has 0 bridgehead atoms. The molecule has 2 aliphatic rings. The van der Waals surface area contributed by atoms with Gasteiger partial charge in [-0.05, 0) is 33.9 Å². The fourth-order valence-corrected chi connectivity index (χ4v) is 4.91. The molecular weight excluding hydrogens is 366 g/mol. The minimum Gasteiger partial charge on any atom is -0.433 e. The zero-order chi connectivity index (χ0) is 20.1. The summed E-state index contributed by atoms with van der Waals surface area (Å²) in [5, 5.41) is 0. The Labute approximate surface area is 176 Å². The van der Waals surface area contributed by atoms with Gasteiger partial charge in [-0.25, -0.2) is 0 Å². The minimum absolute atomic E-state index is 0.0571. The Bertz CT molecular complexity index is 1240. The highest BCUT2D eigenvalue weighted by Crippen LogP contribution is 2.49. The summed E-state index contributed by atoms with van der Waals surface area (Å²) in [7, 11) is 0. The van der Waals surface area contributed by atoms with Crippen LogP contribution in [0.5, 0.6) is 5.75 Å². The Hall–Kier alpha value is -3.65. The van der Waals surface area contributed by atoms with E-state index in [0.717, 1.165) is 17.0 Å². The number of fused-ring (bicyclic) bond motifs is 4. The molecular formula is C28H22NO+. The maximum Gasteiger partial charge on any atom is 0.299 e. The van der Waals surface area contributed by atoms with Gasteiger partial charge in [-0.3, -0.25) is 0 Å². The molecule has 0 saturated carbocycles. The Balaban J connectivity index is 1.58. The van der Waals surface area contributed by atoms with Crippen LogP contribution in [0.2, 0.25) is 0 Å². The summed E-state index contributed by atoms with van der Waals surface area (Å²) in [4.78, 5) is 0. The third-order valence-corrected chi connectivity index (χ3v) is 6.26. The average molecular weight is 388 g/mol. The summed E-state index contributed by atoms with van der Waals surface area (Å²) in [6.45, 7) is 2.10. The quantitative estimate of drug-likeness (QED) is 0.321. The zero-order valence-electron chi connectivity index (χ0n) is 16.8. The fourth-order valence-electron chi connectivity index (χ4n) is 4.91. The van der Waals surface area contributed by atoms with Crippen molar-refractivity contribution in [3.8, 4) is 16.9 Å². The van der Waals surface area contributed by atoms with E-state index in [9.17, 15) is 0 Å². The maximum atomic E-state index is 6.37. The number of hydrogen-bond acceptors (Lipinski definition) is 1. The Morgan fingerprint density at radius 1 is 0.633 bits per heavy atom. The first-order chi connectivity index (χ1) is 14.8. The first-order valence-corrected chi connectivity index (χ1v) is 10.5. The standard InChI is InChI=1S/C28H22NO/c1-19-29(20-10-3-2-4-11-20)18-26-25(16-9-17-27(26)30-19)28-23-14-7-5-12-21(23)22-13-6-8-15-24(22)28/h2-19,28H,1H3/q+1. The van der Waals surface area contributed by atoms with E-state index < -0.39 is 0 Å². The molecule has 4 aromatic carbocycles. The van der Waals surface area contributed by atoms with Gasteiger partial charge in [0, 0.05) is 25.0 Å². The fraction of sp³-hybridized carbons (Fsp3) is 0.107. The predicted octanol–water partition coefficient (Wildman–Crippen LogP) is 6.35. The van der Waals surface area contributed by atoms with E-state index in [4.69, 9.17) is 4.74 Å². The normalized spacial score (nSPS) is 16.8. The molecule has 0 N–H and O–H groups in total. The lowest BCUT2D eigenvalue weighted by Crippen LogP contribution is -2.31.